The van der Waals surface area contributed by atoms with Crippen LogP contribution in [0.2, 0.25) is 0 Å². The van der Waals surface area contributed by atoms with Gasteiger partial charge in [0.2, 0.25) is 23.7 Å². The zero-order valence-corrected chi connectivity index (χ0v) is 44.3. The summed E-state index contributed by atoms with van der Waals surface area (Å²) >= 11 is 0. The van der Waals surface area contributed by atoms with Gasteiger partial charge in [0.25, 0.3) is 0 Å². The molecule has 6 amide bonds. The largest absolute Gasteiger partial charge is 0.388 e. The molecule has 14 N–H and O–H groups in total. The van der Waals surface area contributed by atoms with Gasteiger partial charge < -0.3 is 92.5 Å². The molecular weight excluding hydrogens is 1010 g/mol. The number of aliphatic hydroxyl groups excluding tert-OH is 4. The quantitative estimate of drug-likeness (QED) is 0.0601. The summed E-state index contributed by atoms with van der Waals surface area (Å²) in [7, 11) is 0. The van der Waals surface area contributed by atoms with Crippen LogP contribution >= 0.6 is 0 Å². The summed E-state index contributed by atoms with van der Waals surface area (Å²) in [6, 6.07) is -3.19. The number of nitrogens with one attached hydrogen (secondary N) is 10. The van der Waals surface area contributed by atoms with Gasteiger partial charge in [0.1, 0.15) is 24.4 Å². The Hall–Kier alpha value is -6.46. The highest BCUT2D eigenvalue weighted by atomic mass is 16.3. The van der Waals surface area contributed by atoms with Gasteiger partial charge in [-0.1, -0.05) is 13.8 Å². The van der Waals surface area contributed by atoms with Crippen LogP contribution in [0.15, 0.2) is 12.7 Å². The van der Waals surface area contributed by atoms with Gasteiger partial charge in [0.15, 0.2) is 34.0 Å². The van der Waals surface area contributed by atoms with Crippen molar-refractivity contribution in [1.29, 1.82) is 0 Å². The predicted octanol–water partition coefficient (Wildman–Crippen LogP) is -1.60. The molecule has 7 fully saturated rings. The van der Waals surface area contributed by atoms with Gasteiger partial charge in [-0.25, -0.2) is 19.6 Å². The average Bonchev–Trinajstić information content (AvgIpc) is 4.35. The molecule has 3 aliphatic carbocycles. The Morgan fingerprint density at radius 3 is 1.32 bits per heavy atom. The smallest absolute Gasteiger partial charge is 0.315 e. The molecule has 4 saturated heterocycles. The lowest BCUT2D eigenvalue weighted by Crippen LogP contribution is -2.47. The first-order valence-corrected chi connectivity index (χ1v) is 28.2. The first-order chi connectivity index (χ1) is 37.8. The molecule has 8 heterocycles. The molecule has 4 aliphatic heterocycles. The third-order valence-corrected chi connectivity index (χ3v) is 17.0. The number of urea groups is 2. The Labute approximate surface area is 450 Å². The van der Waals surface area contributed by atoms with E-state index in [4.69, 9.17) is 29.9 Å². The zero-order valence-electron chi connectivity index (χ0n) is 44.3. The van der Waals surface area contributed by atoms with E-state index in [2.05, 4.69) is 53.2 Å². The summed E-state index contributed by atoms with van der Waals surface area (Å²) in [4.78, 5) is 84.7. The van der Waals surface area contributed by atoms with Crippen molar-refractivity contribution in [1.82, 2.24) is 81.6 Å². The van der Waals surface area contributed by atoms with Gasteiger partial charge in [0, 0.05) is 88.4 Å². The van der Waals surface area contributed by atoms with E-state index >= 15 is 0 Å². The van der Waals surface area contributed by atoms with Crippen LogP contribution in [0.1, 0.15) is 103 Å². The topological polar surface area (TPSA) is 363 Å². The summed E-state index contributed by atoms with van der Waals surface area (Å²) in [5.41, 5.74) is 1.93. The number of imidazole rings is 2. The van der Waals surface area contributed by atoms with Crippen molar-refractivity contribution in [2.75, 3.05) is 72.8 Å². The van der Waals surface area contributed by atoms with Crippen molar-refractivity contribution >= 4 is 69.7 Å². The van der Waals surface area contributed by atoms with E-state index in [-0.39, 0.29) is 85.8 Å². The molecule has 0 radical (unpaired) electrons. The minimum absolute atomic E-state index is 0.0266. The zero-order chi connectivity index (χ0) is 54.2. The van der Waals surface area contributed by atoms with Gasteiger partial charge in [-0.15, -0.1) is 0 Å². The SMILES string of the molecule is CCC(=O)N[C@H]1C[C@@H](n2cnc3c(N[C@H]4CC[C@H](Nc5nc(N6CC[C@@H](NC(=O)N[C@@H]7CCNC7)C6)nc6c5ncn6[C@@H]5C[C@H](NC(=O)CC)[C@@H](O)[C@H]5O)CC4)nc(N4CC[C@@H](NC(=O)N[C@@H]5CCNC5)C4)nc32)[C@H](O)[C@@H]1O. The number of fused-ring (bicyclic) bond motifs is 2. The molecule has 12 atom stereocenters. The highest BCUT2D eigenvalue weighted by Gasteiger charge is 2.46. The van der Waals surface area contributed by atoms with Crippen molar-refractivity contribution in [3.63, 3.8) is 0 Å². The van der Waals surface area contributed by atoms with E-state index in [9.17, 15) is 39.6 Å². The number of rotatable bonds is 16. The molecule has 4 aromatic heterocycles. The molecule has 28 heteroatoms. The second-order valence-corrected chi connectivity index (χ2v) is 22.3. The number of anilines is 4. The third-order valence-electron chi connectivity index (χ3n) is 17.0. The lowest BCUT2D eigenvalue weighted by molar-refractivity contribution is -0.123. The maximum atomic E-state index is 13.0. The number of carbonyl (C=O) groups excluding carboxylic acids is 4. The fourth-order valence-electron chi connectivity index (χ4n) is 12.5. The number of carbonyl (C=O) groups is 4. The van der Waals surface area contributed by atoms with E-state index in [0.29, 0.717) is 84.9 Å². The molecule has 424 valence electrons. The van der Waals surface area contributed by atoms with Crippen molar-refractivity contribution in [2.45, 2.75) is 176 Å². The number of amides is 6. The molecule has 28 nitrogen and oxygen atoms in total. The lowest BCUT2D eigenvalue weighted by Gasteiger charge is -2.31. The fourth-order valence-corrected chi connectivity index (χ4v) is 12.5. The molecule has 3 saturated carbocycles. The van der Waals surface area contributed by atoms with Crippen LogP contribution < -0.4 is 63.0 Å². The van der Waals surface area contributed by atoms with Crippen LogP contribution in [-0.4, -0.2) is 208 Å². The van der Waals surface area contributed by atoms with E-state index in [1.807, 2.05) is 9.80 Å². The van der Waals surface area contributed by atoms with Gasteiger partial charge >= 0.3 is 12.1 Å². The van der Waals surface area contributed by atoms with E-state index in [0.717, 1.165) is 64.7 Å². The Morgan fingerprint density at radius 1 is 0.526 bits per heavy atom. The van der Waals surface area contributed by atoms with Crippen LogP contribution in [-0.2, 0) is 9.59 Å². The summed E-state index contributed by atoms with van der Waals surface area (Å²) in [5, 5.41) is 77.0. The van der Waals surface area contributed by atoms with Crippen molar-refractivity contribution < 1.29 is 39.6 Å². The first-order valence-electron chi connectivity index (χ1n) is 28.2. The number of nitrogens with zero attached hydrogens (tertiary/aromatic N) is 10. The van der Waals surface area contributed by atoms with E-state index in [1.54, 1.807) is 35.6 Å². The minimum atomic E-state index is -1.20. The Morgan fingerprint density at radius 2 is 0.936 bits per heavy atom. The molecule has 0 aromatic carbocycles. The number of hydrogen-bond acceptors (Lipinski definition) is 20. The maximum absolute atomic E-state index is 13.0. The molecule has 0 bridgehead atoms. The predicted molar refractivity (Wildman–Crippen MR) is 287 cm³/mol. The van der Waals surface area contributed by atoms with Crippen LogP contribution in [0.3, 0.4) is 0 Å². The standard InChI is InChI=1S/C50H76N20O8/c1-3-35(71)61-31-17-33(41(75)39(31)73)69-23-53-37-43(63-47(65-45(37)69)67-15-11-29(21-67)59-49(77)57-27-9-13-51-19-27)55-25-5-7-26(8-6-25)56-44-38-46(70(24-54-38)34-18-32(40(74)42(34)76)62-36(72)4-2)66-48(64-44)68-16-12-30(22-68)60-50(78)58-28-10-14-52-20-28/h23-34,39-42,51-52,73-76H,3-22H2,1-2H3,(H,61,71)(H,62,72)(H,55,63,65)(H,56,64,66)(H2,57,59,77)(H2,58,60,78)/t25-,26-,27-,28-,29-,30-,31+,32+,33-,34-,39-,40-,41+,42+/m1/s1. The van der Waals surface area contributed by atoms with E-state index in [1.165, 1.54) is 0 Å². The molecular formula is C50H76N20O8. The van der Waals surface area contributed by atoms with Crippen molar-refractivity contribution in [2.24, 2.45) is 0 Å². The van der Waals surface area contributed by atoms with Crippen LogP contribution in [0.5, 0.6) is 0 Å². The Balaban J connectivity index is 0.817. The normalized spacial score (nSPS) is 32.0. The number of aliphatic hydroxyl groups is 4. The second-order valence-electron chi connectivity index (χ2n) is 22.3. The summed E-state index contributed by atoms with van der Waals surface area (Å²) in [5.74, 6) is 1.47. The summed E-state index contributed by atoms with van der Waals surface area (Å²) in [6.07, 6.45) is 5.48. The summed E-state index contributed by atoms with van der Waals surface area (Å²) in [6.45, 7) is 8.80. The monoisotopic (exact) mass is 1080 g/mol. The van der Waals surface area contributed by atoms with Crippen molar-refractivity contribution in [3.05, 3.63) is 12.7 Å². The maximum Gasteiger partial charge on any atom is 0.315 e. The minimum Gasteiger partial charge on any atom is -0.388 e. The fraction of sp³-hybridized carbons (Fsp3) is 0.720. The lowest BCUT2D eigenvalue weighted by atomic mass is 9.91. The molecule has 78 heavy (non-hydrogen) atoms. The molecule has 7 aliphatic rings. The molecule has 11 rings (SSSR count). The molecule has 4 aromatic rings. The molecule has 0 unspecified atom stereocenters. The molecule has 0 spiro atoms. The average molecular weight is 1090 g/mol. The van der Waals surface area contributed by atoms with Crippen LogP contribution in [0, 0.1) is 0 Å². The van der Waals surface area contributed by atoms with Gasteiger partial charge in [-0.05, 0) is 77.3 Å². The van der Waals surface area contributed by atoms with Crippen molar-refractivity contribution in [3.8, 4) is 0 Å². The highest BCUT2D eigenvalue weighted by molar-refractivity contribution is 5.86. The Bertz CT molecular complexity index is 2610. The van der Waals surface area contributed by atoms with Gasteiger partial charge in [-0.3, -0.25) is 9.59 Å². The highest BCUT2D eigenvalue weighted by Crippen LogP contribution is 2.38. The van der Waals surface area contributed by atoms with Crippen LogP contribution in [0.25, 0.3) is 22.3 Å². The first kappa shape index (κ1) is 53.5. The number of hydrogen-bond donors (Lipinski definition) is 14. The number of aromatic nitrogens is 8. The Kier molecular flexibility index (Phi) is 15.9. The van der Waals surface area contributed by atoms with Gasteiger partial charge in [-0.2, -0.15) is 19.9 Å². The second kappa shape index (κ2) is 23.1. The van der Waals surface area contributed by atoms with Gasteiger partial charge in [0.05, 0.1) is 36.8 Å². The van der Waals surface area contributed by atoms with E-state index < -0.39 is 48.6 Å². The van der Waals surface area contributed by atoms with Crippen LogP contribution in [0.4, 0.5) is 33.1 Å². The summed E-state index contributed by atoms with van der Waals surface area (Å²) < 4.78 is 3.54. The third kappa shape index (κ3) is 11.4.